The van der Waals surface area contributed by atoms with E-state index in [1.165, 1.54) is 16.0 Å². The monoisotopic (exact) mass is 464 g/mol. The van der Waals surface area contributed by atoms with Gasteiger partial charge in [0, 0.05) is 24.4 Å². The third-order valence-corrected chi connectivity index (χ3v) is 6.99. The molecule has 0 heterocycles. The van der Waals surface area contributed by atoms with Crippen molar-refractivity contribution in [2.75, 3.05) is 13.2 Å². The third kappa shape index (κ3) is 5.08. The van der Waals surface area contributed by atoms with Gasteiger partial charge in [0.15, 0.2) is 0 Å². The van der Waals surface area contributed by atoms with Gasteiger partial charge in [0.1, 0.15) is 13.2 Å². The van der Waals surface area contributed by atoms with Crippen LogP contribution in [-0.2, 0) is 14.3 Å². The molecule has 1 fully saturated rings. The largest absolute Gasteiger partial charge is 0.480 e. The number of benzene rings is 2. The van der Waals surface area contributed by atoms with Crippen molar-refractivity contribution in [3.05, 3.63) is 59.7 Å². The van der Waals surface area contributed by atoms with E-state index in [1.54, 1.807) is 0 Å². The average Bonchev–Trinajstić information content (AvgIpc) is 3.37. The highest BCUT2D eigenvalue weighted by Gasteiger charge is 2.34. The lowest BCUT2D eigenvalue weighted by molar-refractivity contribution is -0.146. The molecule has 0 aliphatic heterocycles. The number of carboxylic acid groups (broad SMARTS) is 1. The molecule has 4 rings (SSSR count). The molecule has 0 saturated heterocycles. The Morgan fingerprint density at radius 3 is 2.24 bits per heavy atom. The first-order valence-corrected chi connectivity index (χ1v) is 12.0. The second-order valence-corrected chi connectivity index (χ2v) is 9.48. The highest BCUT2D eigenvalue weighted by atomic mass is 16.5. The van der Waals surface area contributed by atoms with Gasteiger partial charge in [0.05, 0.1) is 0 Å². The lowest BCUT2D eigenvalue weighted by Gasteiger charge is -2.28. The van der Waals surface area contributed by atoms with E-state index >= 15 is 0 Å². The number of hydrogen-bond donors (Lipinski definition) is 2. The van der Waals surface area contributed by atoms with Gasteiger partial charge in [0.25, 0.3) is 0 Å². The number of carbonyl (C=O) groups is 3. The highest BCUT2D eigenvalue weighted by molar-refractivity contribution is 5.82. The van der Waals surface area contributed by atoms with Crippen molar-refractivity contribution in [3.63, 3.8) is 0 Å². The maximum absolute atomic E-state index is 12.8. The van der Waals surface area contributed by atoms with E-state index in [4.69, 9.17) is 9.84 Å². The molecule has 2 amide bonds. The number of nitrogens with one attached hydrogen (secondary N) is 1. The molecular formula is C27H32N2O5. The van der Waals surface area contributed by atoms with Crippen molar-refractivity contribution in [1.82, 2.24) is 10.2 Å². The molecule has 0 unspecified atom stereocenters. The molecule has 2 aliphatic carbocycles. The third-order valence-electron chi connectivity index (χ3n) is 6.99. The molecule has 0 bridgehead atoms. The van der Waals surface area contributed by atoms with Gasteiger partial charge in [-0.3, -0.25) is 9.59 Å². The Balaban J connectivity index is 1.35. The number of carboxylic acids is 1. The summed E-state index contributed by atoms with van der Waals surface area (Å²) in [5, 5.41) is 12.1. The fraction of sp³-hybridized carbons (Fsp3) is 0.444. The molecule has 7 heteroatoms. The van der Waals surface area contributed by atoms with Crippen molar-refractivity contribution < 1.29 is 24.2 Å². The minimum Gasteiger partial charge on any atom is -0.480 e. The van der Waals surface area contributed by atoms with Crippen LogP contribution in [0.3, 0.4) is 0 Å². The summed E-state index contributed by atoms with van der Waals surface area (Å²) < 4.78 is 5.67. The van der Waals surface area contributed by atoms with Crippen molar-refractivity contribution in [3.8, 4) is 11.1 Å². The predicted octanol–water partition coefficient (Wildman–Crippen LogP) is 4.41. The Bertz CT molecular complexity index is 1020. The van der Waals surface area contributed by atoms with Crippen molar-refractivity contribution in [2.24, 2.45) is 5.92 Å². The highest BCUT2D eigenvalue weighted by Crippen LogP contribution is 2.44. The number of amides is 2. The van der Waals surface area contributed by atoms with Gasteiger partial charge in [-0.25, -0.2) is 4.79 Å². The molecule has 180 valence electrons. The van der Waals surface area contributed by atoms with Crippen LogP contribution in [0, 0.1) is 5.92 Å². The van der Waals surface area contributed by atoms with Crippen LogP contribution in [0.4, 0.5) is 4.79 Å². The minimum absolute atomic E-state index is 0.00489. The van der Waals surface area contributed by atoms with Crippen LogP contribution in [0.1, 0.15) is 56.6 Å². The first-order chi connectivity index (χ1) is 16.3. The zero-order valence-corrected chi connectivity index (χ0v) is 19.7. The maximum Gasteiger partial charge on any atom is 0.407 e. The summed E-state index contributed by atoms with van der Waals surface area (Å²) in [7, 11) is 0. The summed E-state index contributed by atoms with van der Waals surface area (Å²) in [6.45, 7) is 3.55. The number of ether oxygens (including phenoxy) is 1. The first kappa shape index (κ1) is 23.8. The van der Waals surface area contributed by atoms with Crippen LogP contribution in [0.25, 0.3) is 11.1 Å². The molecule has 7 nitrogen and oxygen atoms in total. The number of aliphatic carboxylic acids is 1. The predicted molar refractivity (Wildman–Crippen MR) is 128 cm³/mol. The van der Waals surface area contributed by atoms with Crippen LogP contribution in [0.15, 0.2) is 48.5 Å². The van der Waals surface area contributed by atoms with Crippen LogP contribution in [0.2, 0.25) is 0 Å². The Hall–Kier alpha value is -3.35. The quantitative estimate of drug-likeness (QED) is 0.604. The molecule has 0 aromatic heterocycles. The summed E-state index contributed by atoms with van der Waals surface area (Å²) in [6.07, 6.45) is 2.26. The molecule has 2 aromatic rings. The zero-order valence-electron chi connectivity index (χ0n) is 19.7. The molecule has 0 radical (unpaired) electrons. The topological polar surface area (TPSA) is 95.9 Å². The molecular weight excluding hydrogens is 432 g/mol. The first-order valence-electron chi connectivity index (χ1n) is 12.0. The van der Waals surface area contributed by atoms with E-state index in [2.05, 4.69) is 29.6 Å². The van der Waals surface area contributed by atoms with Crippen LogP contribution < -0.4 is 5.32 Å². The summed E-state index contributed by atoms with van der Waals surface area (Å²) in [5.41, 5.74) is 4.68. The second-order valence-electron chi connectivity index (χ2n) is 9.48. The summed E-state index contributed by atoms with van der Waals surface area (Å²) in [6, 6.07) is 16.0. The van der Waals surface area contributed by atoms with E-state index in [1.807, 2.05) is 38.1 Å². The number of alkyl carbamates (subject to hydrolysis) is 1. The lowest BCUT2D eigenvalue weighted by atomic mass is 9.98. The molecule has 34 heavy (non-hydrogen) atoms. The van der Waals surface area contributed by atoms with E-state index in [0.717, 1.165) is 30.4 Å². The van der Waals surface area contributed by atoms with Crippen LogP contribution >= 0.6 is 0 Å². The smallest absolute Gasteiger partial charge is 0.407 e. The Labute approximate surface area is 200 Å². The molecule has 2 aliphatic rings. The van der Waals surface area contributed by atoms with Gasteiger partial charge in [0.2, 0.25) is 5.91 Å². The zero-order chi connectivity index (χ0) is 24.2. The minimum atomic E-state index is -1.03. The SMILES string of the molecule is CC(C)N(CC(=O)O)C(=O)C[C@@H]1CCC[C@H]1NC(=O)OCC1c2ccccc2-c2ccccc21. The average molecular weight is 465 g/mol. The Kier molecular flexibility index (Phi) is 7.20. The number of nitrogens with zero attached hydrogens (tertiary/aromatic N) is 1. The molecule has 2 atom stereocenters. The molecule has 0 spiro atoms. The van der Waals surface area contributed by atoms with Gasteiger partial charge in [-0.2, -0.15) is 0 Å². The summed E-state index contributed by atoms with van der Waals surface area (Å²) in [5.74, 6) is -1.25. The number of carbonyl (C=O) groups excluding carboxylic acids is 2. The standard InChI is InChI=1S/C27H32N2O5/c1-17(2)29(15-26(31)32)25(30)14-18-8-7-13-24(18)28-27(33)34-16-23-21-11-5-3-9-19(21)20-10-4-6-12-22(20)23/h3-6,9-12,17-18,23-24H,7-8,13-16H2,1-2H3,(H,28,33)(H,31,32)/t18-,24+/m0/s1. The van der Waals surface area contributed by atoms with Gasteiger partial charge < -0.3 is 20.1 Å². The number of fused-ring (bicyclic) bond motifs is 3. The van der Waals surface area contributed by atoms with E-state index in [0.29, 0.717) is 0 Å². The van der Waals surface area contributed by atoms with Gasteiger partial charge in [-0.05, 0) is 54.9 Å². The van der Waals surface area contributed by atoms with E-state index in [9.17, 15) is 14.4 Å². The normalized spacial score (nSPS) is 18.9. The Morgan fingerprint density at radius 1 is 1.03 bits per heavy atom. The molecule has 2 aromatic carbocycles. The maximum atomic E-state index is 12.8. The summed E-state index contributed by atoms with van der Waals surface area (Å²) >= 11 is 0. The van der Waals surface area contributed by atoms with Crippen LogP contribution in [-0.4, -0.2) is 53.2 Å². The molecule has 1 saturated carbocycles. The van der Waals surface area contributed by atoms with E-state index < -0.39 is 12.1 Å². The second kappa shape index (κ2) is 10.3. The summed E-state index contributed by atoms with van der Waals surface area (Å²) in [4.78, 5) is 38.0. The fourth-order valence-corrected chi connectivity index (χ4v) is 5.31. The van der Waals surface area contributed by atoms with Gasteiger partial charge in [-0.1, -0.05) is 55.0 Å². The van der Waals surface area contributed by atoms with Crippen molar-refractivity contribution >= 4 is 18.0 Å². The Morgan fingerprint density at radius 2 is 1.65 bits per heavy atom. The number of hydrogen-bond acceptors (Lipinski definition) is 4. The van der Waals surface area contributed by atoms with Crippen LogP contribution in [0.5, 0.6) is 0 Å². The van der Waals surface area contributed by atoms with Crippen molar-refractivity contribution in [1.29, 1.82) is 0 Å². The molecule has 2 N–H and O–H groups in total. The van der Waals surface area contributed by atoms with E-state index in [-0.39, 0.29) is 49.4 Å². The lowest BCUT2D eigenvalue weighted by Crippen LogP contribution is -2.44. The van der Waals surface area contributed by atoms with Crippen molar-refractivity contribution in [2.45, 2.75) is 57.5 Å². The number of rotatable bonds is 8. The van der Waals surface area contributed by atoms with Gasteiger partial charge in [-0.15, -0.1) is 0 Å². The van der Waals surface area contributed by atoms with Gasteiger partial charge >= 0.3 is 12.1 Å². The fourth-order valence-electron chi connectivity index (χ4n) is 5.31.